The standard InChI is InChI=1S/C17H20N2O2/c1-12-6-7-14(13(2)8-12)10-19-15-4-3-5-16(9-15)21-11-17(18)20/h3-9,19H,10-11H2,1-2H3,(H2,18,20). The van der Waals surface area contributed by atoms with E-state index in [1.807, 2.05) is 18.2 Å². The van der Waals surface area contributed by atoms with E-state index in [1.165, 1.54) is 16.7 Å². The Hall–Kier alpha value is -2.49. The Labute approximate surface area is 124 Å². The Morgan fingerprint density at radius 1 is 1.19 bits per heavy atom. The van der Waals surface area contributed by atoms with Crippen molar-refractivity contribution in [1.29, 1.82) is 0 Å². The van der Waals surface area contributed by atoms with E-state index >= 15 is 0 Å². The van der Waals surface area contributed by atoms with Gasteiger partial charge in [0.15, 0.2) is 6.61 Å². The van der Waals surface area contributed by atoms with Crippen LogP contribution in [0.3, 0.4) is 0 Å². The smallest absolute Gasteiger partial charge is 0.255 e. The number of benzene rings is 2. The largest absolute Gasteiger partial charge is 0.484 e. The van der Waals surface area contributed by atoms with Gasteiger partial charge in [-0.1, -0.05) is 29.8 Å². The molecule has 0 radical (unpaired) electrons. The van der Waals surface area contributed by atoms with Crippen molar-refractivity contribution in [2.75, 3.05) is 11.9 Å². The molecule has 0 atom stereocenters. The van der Waals surface area contributed by atoms with E-state index in [4.69, 9.17) is 10.5 Å². The molecule has 0 unspecified atom stereocenters. The molecular formula is C17H20N2O2. The van der Waals surface area contributed by atoms with Gasteiger partial charge in [0.05, 0.1) is 0 Å². The van der Waals surface area contributed by atoms with E-state index in [0.717, 1.165) is 12.2 Å². The highest BCUT2D eigenvalue weighted by Crippen LogP contribution is 2.19. The van der Waals surface area contributed by atoms with Crippen molar-refractivity contribution in [1.82, 2.24) is 0 Å². The molecule has 0 spiro atoms. The summed E-state index contributed by atoms with van der Waals surface area (Å²) >= 11 is 0. The van der Waals surface area contributed by atoms with Crippen molar-refractivity contribution >= 4 is 11.6 Å². The third-order valence-corrected chi connectivity index (χ3v) is 3.20. The first-order chi connectivity index (χ1) is 10.0. The van der Waals surface area contributed by atoms with Crippen LogP contribution in [0.4, 0.5) is 5.69 Å². The molecule has 0 heterocycles. The first-order valence-corrected chi connectivity index (χ1v) is 6.86. The lowest BCUT2D eigenvalue weighted by atomic mass is 10.1. The fourth-order valence-electron chi connectivity index (χ4n) is 2.09. The Morgan fingerprint density at radius 2 is 2.00 bits per heavy atom. The topological polar surface area (TPSA) is 64.3 Å². The van der Waals surface area contributed by atoms with Crippen LogP contribution in [-0.4, -0.2) is 12.5 Å². The number of nitrogens with one attached hydrogen (secondary N) is 1. The van der Waals surface area contributed by atoms with E-state index in [2.05, 4.69) is 37.4 Å². The molecule has 0 aliphatic rings. The van der Waals surface area contributed by atoms with Crippen LogP contribution >= 0.6 is 0 Å². The molecule has 0 aliphatic carbocycles. The van der Waals surface area contributed by atoms with Gasteiger partial charge in [-0.3, -0.25) is 4.79 Å². The zero-order valence-electron chi connectivity index (χ0n) is 12.3. The third-order valence-electron chi connectivity index (χ3n) is 3.20. The molecule has 4 heteroatoms. The summed E-state index contributed by atoms with van der Waals surface area (Å²) in [5, 5.41) is 3.35. The maximum atomic E-state index is 10.7. The number of hydrogen-bond acceptors (Lipinski definition) is 3. The minimum atomic E-state index is -0.483. The number of amides is 1. The summed E-state index contributed by atoms with van der Waals surface area (Å²) in [7, 11) is 0. The van der Waals surface area contributed by atoms with E-state index < -0.39 is 5.91 Å². The summed E-state index contributed by atoms with van der Waals surface area (Å²) in [6.45, 7) is 4.83. The van der Waals surface area contributed by atoms with Crippen molar-refractivity contribution in [3.05, 3.63) is 59.2 Å². The van der Waals surface area contributed by atoms with Crippen molar-refractivity contribution in [3.63, 3.8) is 0 Å². The number of carbonyl (C=O) groups is 1. The zero-order valence-corrected chi connectivity index (χ0v) is 12.3. The first kappa shape index (κ1) is 14.9. The molecular weight excluding hydrogens is 264 g/mol. The van der Waals surface area contributed by atoms with Gasteiger partial charge in [0, 0.05) is 18.3 Å². The molecule has 0 bridgehead atoms. The molecule has 0 saturated heterocycles. The summed E-state index contributed by atoms with van der Waals surface area (Å²) in [5.41, 5.74) is 9.79. The Morgan fingerprint density at radius 3 is 2.71 bits per heavy atom. The average Bonchev–Trinajstić information content (AvgIpc) is 2.45. The minimum Gasteiger partial charge on any atom is -0.484 e. The Kier molecular flexibility index (Phi) is 4.82. The molecule has 110 valence electrons. The first-order valence-electron chi connectivity index (χ1n) is 6.86. The molecule has 21 heavy (non-hydrogen) atoms. The summed E-state index contributed by atoms with van der Waals surface area (Å²) in [5.74, 6) is 0.142. The fourth-order valence-corrected chi connectivity index (χ4v) is 2.09. The van der Waals surface area contributed by atoms with Crippen LogP contribution in [0.1, 0.15) is 16.7 Å². The number of nitrogens with two attached hydrogens (primary N) is 1. The van der Waals surface area contributed by atoms with Gasteiger partial charge in [-0.15, -0.1) is 0 Å². The Bertz CT molecular complexity index is 638. The molecule has 2 rings (SSSR count). The second kappa shape index (κ2) is 6.79. The monoisotopic (exact) mass is 284 g/mol. The number of aryl methyl sites for hydroxylation is 2. The molecule has 3 N–H and O–H groups in total. The highest BCUT2D eigenvalue weighted by molar-refractivity contribution is 5.75. The van der Waals surface area contributed by atoms with Crippen LogP contribution in [0, 0.1) is 13.8 Å². The van der Waals surface area contributed by atoms with Gasteiger partial charge < -0.3 is 15.8 Å². The van der Waals surface area contributed by atoms with Crippen molar-refractivity contribution < 1.29 is 9.53 Å². The number of rotatable bonds is 6. The van der Waals surface area contributed by atoms with Crippen LogP contribution in [0.15, 0.2) is 42.5 Å². The van der Waals surface area contributed by atoms with E-state index in [1.54, 1.807) is 6.07 Å². The van der Waals surface area contributed by atoms with Gasteiger partial charge >= 0.3 is 0 Å². The van der Waals surface area contributed by atoms with Gasteiger partial charge in [-0.2, -0.15) is 0 Å². The van der Waals surface area contributed by atoms with Crippen LogP contribution < -0.4 is 15.8 Å². The Balaban J connectivity index is 1.99. The van der Waals surface area contributed by atoms with Crippen molar-refractivity contribution in [3.8, 4) is 5.75 Å². The van der Waals surface area contributed by atoms with Crippen LogP contribution in [0.2, 0.25) is 0 Å². The van der Waals surface area contributed by atoms with Crippen LogP contribution in [0.5, 0.6) is 5.75 Å². The van der Waals surface area contributed by atoms with Gasteiger partial charge in [0.1, 0.15) is 5.75 Å². The lowest BCUT2D eigenvalue weighted by Gasteiger charge is -2.11. The van der Waals surface area contributed by atoms with Gasteiger partial charge in [0.25, 0.3) is 5.91 Å². The maximum absolute atomic E-state index is 10.7. The van der Waals surface area contributed by atoms with Gasteiger partial charge in [-0.25, -0.2) is 0 Å². The molecule has 2 aromatic rings. The molecule has 0 aliphatic heterocycles. The second-order valence-electron chi connectivity index (χ2n) is 5.07. The lowest BCUT2D eigenvalue weighted by molar-refractivity contribution is -0.119. The number of carbonyl (C=O) groups excluding carboxylic acids is 1. The molecule has 0 saturated carbocycles. The molecule has 1 amide bonds. The predicted octanol–water partition coefficient (Wildman–Crippen LogP) is 2.78. The lowest BCUT2D eigenvalue weighted by Crippen LogP contribution is -2.20. The summed E-state index contributed by atoms with van der Waals surface area (Å²) in [6.07, 6.45) is 0. The number of ether oxygens (including phenoxy) is 1. The molecule has 4 nitrogen and oxygen atoms in total. The summed E-state index contributed by atoms with van der Waals surface area (Å²) in [6, 6.07) is 13.9. The maximum Gasteiger partial charge on any atom is 0.255 e. The predicted molar refractivity (Wildman–Crippen MR) is 84.4 cm³/mol. The average molecular weight is 284 g/mol. The van der Waals surface area contributed by atoms with Crippen molar-refractivity contribution in [2.45, 2.75) is 20.4 Å². The van der Waals surface area contributed by atoms with E-state index in [9.17, 15) is 4.79 Å². The highest BCUT2D eigenvalue weighted by atomic mass is 16.5. The van der Waals surface area contributed by atoms with E-state index in [0.29, 0.717) is 5.75 Å². The van der Waals surface area contributed by atoms with Gasteiger partial charge in [0.2, 0.25) is 0 Å². The fraction of sp³-hybridized carbons (Fsp3) is 0.235. The SMILES string of the molecule is Cc1ccc(CNc2cccc(OCC(N)=O)c2)c(C)c1. The number of hydrogen-bond donors (Lipinski definition) is 2. The minimum absolute atomic E-state index is 0.111. The van der Waals surface area contributed by atoms with Gasteiger partial charge in [-0.05, 0) is 37.1 Å². The highest BCUT2D eigenvalue weighted by Gasteiger charge is 2.01. The van der Waals surface area contributed by atoms with E-state index in [-0.39, 0.29) is 6.61 Å². The number of anilines is 1. The quantitative estimate of drug-likeness (QED) is 0.857. The van der Waals surface area contributed by atoms with Crippen LogP contribution in [0.25, 0.3) is 0 Å². The molecule has 0 aromatic heterocycles. The zero-order chi connectivity index (χ0) is 15.2. The second-order valence-corrected chi connectivity index (χ2v) is 5.07. The molecule has 2 aromatic carbocycles. The number of primary amides is 1. The summed E-state index contributed by atoms with van der Waals surface area (Å²) < 4.78 is 5.29. The summed E-state index contributed by atoms with van der Waals surface area (Å²) in [4.78, 5) is 10.7. The normalized spacial score (nSPS) is 10.2. The van der Waals surface area contributed by atoms with Crippen molar-refractivity contribution in [2.24, 2.45) is 5.73 Å². The molecule has 0 fully saturated rings. The van der Waals surface area contributed by atoms with Crippen LogP contribution in [-0.2, 0) is 11.3 Å². The third kappa shape index (κ3) is 4.53.